The van der Waals surface area contributed by atoms with Gasteiger partial charge in [-0.05, 0) is 12.8 Å². The molecule has 0 radical (unpaired) electrons. The zero-order valence-electron chi connectivity index (χ0n) is 12.1. The molecule has 0 unspecified atom stereocenters. The minimum atomic E-state index is -1.27. The van der Waals surface area contributed by atoms with Crippen LogP contribution in [0, 0.1) is 0 Å². The molecule has 10 nitrogen and oxygen atoms in total. The van der Waals surface area contributed by atoms with Crippen molar-refractivity contribution in [2.75, 3.05) is 11.5 Å². The van der Waals surface area contributed by atoms with Gasteiger partial charge in [0.25, 0.3) is 0 Å². The van der Waals surface area contributed by atoms with Gasteiger partial charge in [-0.3, -0.25) is 0 Å². The van der Waals surface area contributed by atoms with Gasteiger partial charge in [0.05, 0.1) is 12.4 Å². The van der Waals surface area contributed by atoms with Crippen molar-refractivity contribution in [1.82, 2.24) is 19.9 Å². The van der Waals surface area contributed by atoms with E-state index in [0.717, 1.165) is 9.69 Å². The highest BCUT2D eigenvalue weighted by atomic mass is 16.8. The largest absolute Gasteiger partial charge is 0.445 e. The Morgan fingerprint density at radius 1 is 0.955 bits per heavy atom. The predicted molar refractivity (Wildman–Crippen MR) is 75.2 cm³/mol. The molecule has 4 N–H and O–H groups in total. The third-order valence-corrected chi connectivity index (χ3v) is 2.88. The quantitative estimate of drug-likeness (QED) is 0.684. The summed E-state index contributed by atoms with van der Waals surface area (Å²) < 4.78 is 0. The molecule has 0 aliphatic heterocycles. The number of hydrogen-bond acceptors (Lipinski definition) is 8. The maximum atomic E-state index is 11.6. The molecule has 0 fully saturated rings. The van der Waals surface area contributed by atoms with Crippen molar-refractivity contribution in [1.29, 1.82) is 0 Å². The van der Waals surface area contributed by atoms with Crippen molar-refractivity contribution >= 4 is 23.6 Å². The molecule has 0 spiro atoms. The highest BCUT2D eigenvalue weighted by molar-refractivity contribution is 6.29. The van der Waals surface area contributed by atoms with Gasteiger partial charge >= 0.3 is 11.9 Å². The van der Waals surface area contributed by atoms with E-state index in [9.17, 15) is 9.59 Å². The molecular weight excluding hydrogens is 292 g/mol. The van der Waals surface area contributed by atoms with Crippen molar-refractivity contribution in [2.45, 2.75) is 26.7 Å². The summed E-state index contributed by atoms with van der Waals surface area (Å²) in [5.74, 6) is -2.10. The lowest BCUT2D eigenvalue weighted by atomic mass is 10.3. The second kappa shape index (κ2) is 6.16. The van der Waals surface area contributed by atoms with E-state index in [1.165, 1.54) is 12.4 Å². The standard InChI is InChI=1S/C12H16N6O4/c1-3-7-5-17(15-9(7)13)21-11(19)12(20)22-18-6-8(4-2)10(14)16-18/h5-6H,3-4H2,1-2H3,(H2,13,15)(H2,14,16). The lowest BCUT2D eigenvalue weighted by Crippen LogP contribution is -2.35. The van der Waals surface area contributed by atoms with E-state index in [-0.39, 0.29) is 11.6 Å². The van der Waals surface area contributed by atoms with E-state index in [1.54, 1.807) is 0 Å². The van der Waals surface area contributed by atoms with Crippen LogP contribution < -0.4 is 21.1 Å². The summed E-state index contributed by atoms with van der Waals surface area (Å²) in [4.78, 5) is 34.3. The molecule has 2 aromatic rings. The highest BCUT2D eigenvalue weighted by Crippen LogP contribution is 2.09. The Balaban J connectivity index is 2.00. The number of carbonyl (C=O) groups is 2. The first-order chi connectivity index (χ1) is 10.4. The van der Waals surface area contributed by atoms with Crippen LogP contribution in [0.1, 0.15) is 25.0 Å². The van der Waals surface area contributed by atoms with Gasteiger partial charge in [-0.2, -0.15) is 0 Å². The molecule has 2 heterocycles. The summed E-state index contributed by atoms with van der Waals surface area (Å²) in [5, 5.41) is 7.49. The average molecular weight is 308 g/mol. The number of hydrogen-bond donors (Lipinski definition) is 2. The molecule has 2 aromatic heterocycles. The molecule has 0 saturated carbocycles. The van der Waals surface area contributed by atoms with Crippen LogP contribution in [0.25, 0.3) is 0 Å². The number of aromatic nitrogens is 4. The predicted octanol–water partition coefficient (Wildman–Crippen LogP) is -1.02. The molecule has 118 valence electrons. The van der Waals surface area contributed by atoms with Gasteiger partial charge in [0.2, 0.25) is 0 Å². The second-order valence-corrected chi connectivity index (χ2v) is 4.35. The normalized spacial score (nSPS) is 10.5. The van der Waals surface area contributed by atoms with Gasteiger partial charge in [-0.15, -0.1) is 10.2 Å². The summed E-state index contributed by atoms with van der Waals surface area (Å²) in [6.07, 6.45) is 4.03. The molecule has 0 aliphatic carbocycles. The van der Waals surface area contributed by atoms with Gasteiger partial charge in [0.1, 0.15) is 0 Å². The van der Waals surface area contributed by atoms with Crippen LogP contribution in [0.3, 0.4) is 0 Å². The van der Waals surface area contributed by atoms with Gasteiger partial charge in [-0.1, -0.05) is 23.5 Å². The Morgan fingerprint density at radius 2 is 1.32 bits per heavy atom. The molecule has 0 atom stereocenters. The SMILES string of the molecule is CCc1cn(OC(=O)C(=O)On2cc(CC)c(N)n2)nc1N. The van der Waals surface area contributed by atoms with Crippen LogP contribution in [0.5, 0.6) is 0 Å². The average Bonchev–Trinajstić information content (AvgIpc) is 3.00. The van der Waals surface area contributed by atoms with E-state index in [2.05, 4.69) is 10.2 Å². The van der Waals surface area contributed by atoms with Crippen molar-refractivity contribution in [3.8, 4) is 0 Å². The molecular formula is C12H16N6O4. The maximum Gasteiger partial charge on any atom is 0.445 e. The Bertz CT molecular complexity index is 644. The number of nitrogens with zero attached hydrogens (tertiary/aromatic N) is 4. The molecule has 0 bridgehead atoms. The molecule has 0 aliphatic rings. The summed E-state index contributed by atoms with van der Waals surface area (Å²) in [7, 11) is 0. The summed E-state index contributed by atoms with van der Waals surface area (Å²) >= 11 is 0. The summed E-state index contributed by atoms with van der Waals surface area (Å²) in [6, 6.07) is 0. The first kappa shape index (κ1) is 15.4. The van der Waals surface area contributed by atoms with Crippen molar-refractivity contribution in [3.63, 3.8) is 0 Å². The molecule has 10 heteroatoms. The first-order valence-corrected chi connectivity index (χ1v) is 6.57. The van der Waals surface area contributed by atoms with E-state index in [0.29, 0.717) is 24.0 Å². The van der Waals surface area contributed by atoms with Gasteiger partial charge in [0, 0.05) is 11.1 Å². The van der Waals surface area contributed by atoms with E-state index in [4.69, 9.17) is 21.1 Å². The van der Waals surface area contributed by atoms with Crippen LogP contribution >= 0.6 is 0 Å². The molecule has 0 amide bonds. The molecule has 0 saturated heterocycles. The maximum absolute atomic E-state index is 11.6. The van der Waals surface area contributed by atoms with Crippen LogP contribution in [0.4, 0.5) is 11.6 Å². The Kier molecular flexibility index (Phi) is 4.30. The second-order valence-electron chi connectivity index (χ2n) is 4.35. The Morgan fingerprint density at radius 3 is 1.59 bits per heavy atom. The fraction of sp³-hybridized carbons (Fsp3) is 0.333. The van der Waals surface area contributed by atoms with Gasteiger partial charge in [0.15, 0.2) is 11.6 Å². The zero-order chi connectivity index (χ0) is 16.3. The number of nitrogens with two attached hydrogens (primary N) is 2. The van der Waals surface area contributed by atoms with E-state index < -0.39 is 11.9 Å². The van der Waals surface area contributed by atoms with E-state index >= 15 is 0 Å². The van der Waals surface area contributed by atoms with Crippen molar-refractivity contribution in [3.05, 3.63) is 23.5 Å². The van der Waals surface area contributed by atoms with Crippen LogP contribution in [0.15, 0.2) is 12.4 Å². The third-order valence-electron chi connectivity index (χ3n) is 2.88. The first-order valence-electron chi connectivity index (χ1n) is 6.57. The summed E-state index contributed by atoms with van der Waals surface area (Å²) in [6.45, 7) is 3.72. The number of carbonyl (C=O) groups excluding carboxylic acids is 2. The Labute approximate surface area is 125 Å². The van der Waals surface area contributed by atoms with Gasteiger partial charge < -0.3 is 21.1 Å². The fourth-order valence-electron chi connectivity index (χ4n) is 1.68. The topological polar surface area (TPSA) is 140 Å². The van der Waals surface area contributed by atoms with Crippen LogP contribution in [-0.4, -0.2) is 31.8 Å². The van der Waals surface area contributed by atoms with Gasteiger partial charge in [-0.25, -0.2) is 9.59 Å². The smallest absolute Gasteiger partial charge is 0.382 e. The monoisotopic (exact) mass is 308 g/mol. The number of nitrogen functional groups attached to an aromatic ring is 2. The number of aryl methyl sites for hydroxylation is 2. The molecule has 0 aromatic carbocycles. The summed E-state index contributed by atoms with van der Waals surface area (Å²) in [5.41, 5.74) is 12.6. The van der Waals surface area contributed by atoms with Crippen LogP contribution in [-0.2, 0) is 22.4 Å². The molecule has 2 rings (SSSR count). The highest BCUT2D eigenvalue weighted by Gasteiger charge is 2.22. The van der Waals surface area contributed by atoms with Crippen molar-refractivity contribution in [2.24, 2.45) is 0 Å². The van der Waals surface area contributed by atoms with E-state index in [1.807, 2.05) is 13.8 Å². The molecule has 22 heavy (non-hydrogen) atoms. The lowest BCUT2D eigenvalue weighted by Gasteiger charge is -2.02. The number of anilines is 2. The number of rotatable bonds is 4. The Hall–Kier alpha value is -3.04. The lowest BCUT2D eigenvalue weighted by molar-refractivity contribution is -0.170. The third kappa shape index (κ3) is 3.16. The van der Waals surface area contributed by atoms with Crippen molar-refractivity contribution < 1.29 is 19.3 Å². The zero-order valence-corrected chi connectivity index (χ0v) is 12.1. The minimum Gasteiger partial charge on any atom is -0.382 e. The van der Waals surface area contributed by atoms with Crippen LogP contribution in [0.2, 0.25) is 0 Å². The minimum absolute atomic E-state index is 0.219. The fourth-order valence-corrected chi connectivity index (χ4v) is 1.68.